The van der Waals surface area contributed by atoms with E-state index in [4.69, 9.17) is 0 Å². The quantitative estimate of drug-likeness (QED) is 0.687. The van der Waals surface area contributed by atoms with Gasteiger partial charge in [-0.15, -0.1) is 0 Å². The highest BCUT2D eigenvalue weighted by Gasteiger charge is 2.57. The van der Waals surface area contributed by atoms with Crippen LogP contribution in [0.2, 0.25) is 0 Å². The number of hydrogen-bond donors (Lipinski definition) is 1. The predicted octanol–water partition coefficient (Wildman–Crippen LogP) is 3.88. The van der Waals surface area contributed by atoms with Crippen molar-refractivity contribution >= 4 is 5.78 Å². The third-order valence-corrected chi connectivity index (χ3v) is 7.64. The first kappa shape index (κ1) is 14.0. The molecule has 2 nitrogen and oxygen atoms in total. The Morgan fingerprint density at radius 1 is 1.14 bits per heavy atom. The van der Waals surface area contributed by atoms with Crippen LogP contribution < -0.4 is 0 Å². The number of rotatable bonds is 0. The lowest BCUT2D eigenvalue weighted by atomic mass is 9.48. The van der Waals surface area contributed by atoms with Gasteiger partial charge in [0.2, 0.25) is 0 Å². The summed E-state index contributed by atoms with van der Waals surface area (Å²) in [4.78, 5) is 12.0. The second-order valence-corrected chi connectivity index (χ2v) is 8.77. The van der Waals surface area contributed by atoms with Crippen LogP contribution in [0.15, 0.2) is 11.6 Å². The third kappa shape index (κ3) is 1.91. The van der Waals surface area contributed by atoms with Gasteiger partial charge in [0.25, 0.3) is 0 Å². The monoisotopic (exact) mass is 288 g/mol. The second kappa shape index (κ2) is 4.44. The number of allylic oxidation sites excluding steroid dienone is 1. The van der Waals surface area contributed by atoms with E-state index in [0.29, 0.717) is 23.0 Å². The van der Waals surface area contributed by atoms with Crippen LogP contribution in [-0.4, -0.2) is 17.0 Å². The molecule has 0 radical (unpaired) electrons. The minimum absolute atomic E-state index is 0.122. The Morgan fingerprint density at radius 2 is 1.95 bits per heavy atom. The van der Waals surface area contributed by atoms with Gasteiger partial charge in [0.05, 0.1) is 6.10 Å². The highest BCUT2D eigenvalue weighted by atomic mass is 16.3. The van der Waals surface area contributed by atoms with E-state index in [1.54, 1.807) is 0 Å². The van der Waals surface area contributed by atoms with Gasteiger partial charge in [-0.1, -0.05) is 25.5 Å². The van der Waals surface area contributed by atoms with Gasteiger partial charge in [-0.25, -0.2) is 0 Å². The molecule has 0 aromatic carbocycles. The Kier molecular flexibility index (Phi) is 2.96. The summed E-state index contributed by atoms with van der Waals surface area (Å²) in [6, 6.07) is 0. The molecule has 0 aromatic heterocycles. The fraction of sp³-hybridized carbons (Fsp3) is 0.842. The summed E-state index contributed by atoms with van der Waals surface area (Å²) in [5, 5.41) is 10.00. The first-order chi connectivity index (χ1) is 9.92. The van der Waals surface area contributed by atoms with Gasteiger partial charge in [0.1, 0.15) is 5.78 Å². The van der Waals surface area contributed by atoms with Crippen LogP contribution in [0.5, 0.6) is 0 Å². The van der Waals surface area contributed by atoms with E-state index >= 15 is 0 Å². The lowest BCUT2D eigenvalue weighted by molar-refractivity contribution is -0.118. The van der Waals surface area contributed by atoms with E-state index in [9.17, 15) is 9.90 Å². The van der Waals surface area contributed by atoms with Gasteiger partial charge in [-0.2, -0.15) is 0 Å². The summed E-state index contributed by atoms with van der Waals surface area (Å²) >= 11 is 0. The highest BCUT2D eigenvalue weighted by Crippen LogP contribution is 2.64. The van der Waals surface area contributed by atoms with Crippen LogP contribution in [0.25, 0.3) is 0 Å². The number of aliphatic hydroxyl groups is 1. The lowest BCUT2D eigenvalue weighted by Gasteiger charge is -2.57. The van der Waals surface area contributed by atoms with Crippen molar-refractivity contribution in [1.82, 2.24) is 0 Å². The highest BCUT2D eigenvalue weighted by molar-refractivity contribution is 5.82. The smallest absolute Gasteiger partial charge is 0.133 e. The normalized spacial score (nSPS) is 52.7. The molecule has 4 rings (SSSR count). The molecule has 21 heavy (non-hydrogen) atoms. The fourth-order valence-electron chi connectivity index (χ4n) is 6.42. The van der Waals surface area contributed by atoms with Crippen molar-refractivity contribution in [3.8, 4) is 0 Å². The summed E-state index contributed by atoms with van der Waals surface area (Å²) in [6.07, 6.45) is 10.6. The number of ketones is 1. The number of carbonyl (C=O) groups excluding carboxylic acids is 1. The summed E-state index contributed by atoms with van der Waals surface area (Å²) < 4.78 is 0. The summed E-state index contributed by atoms with van der Waals surface area (Å²) in [6.45, 7) is 4.81. The molecule has 3 fully saturated rings. The van der Waals surface area contributed by atoms with Gasteiger partial charge >= 0.3 is 0 Å². The molecule has 1 unspecified atom stereocenters. The molecule has 0 saturated heterocycles. The zero-order chi connectivity index (χ0) is 14.8. The second-order valence-electron chi connectivity index (χ2n) is 8.77. The van der Waals surface area contributed by atoms with Crippen LogP contribution in [0.1, 0.15) is 65.2 Å². The van der Waals surface area contributed by atoms with E-state index in [2.05, 4.69) is 19.9 Å². The average molecular weight is 288 g/mol. The summed E-state index contributed by atoms with van der Waals surface area (Å²) in [5.74, 6) is 2.57. The molecule has 0 spiro atoms. The minimum atomic E-state index is -0.122. The van der Waals surface area contributed by atoms with Crippen LogP contribution in [0.4, 0.5) is 0 Å². The molecule has 0 aliphatic heterocycles. The number of aliphatic hydroxyl groups excluding tert-OH is 1. The van der Waals surface area contributed by atoms with Gasteiger partial charge < -0.3 is 5.11 Å². The van der Waals surface area contributed by atoms with Crippen LogP contribution in [0.3, 0.4) is 0 Å². The largest absolute Gasteiger partial charge is 0.393 e. The summed E-state index contributed by atoms with van der Waals surface area (Å²) in [7, 11) is 0. The zero-order valence-corrected chi connectivity index (χ0v) is 13.4. The van der Waals surface area contributed by atoms with Gasteiger partial charge in [-0.3, -0.25) is 4.79 Å². The van der Waals surface area contributed by atoms with Crippen LogP contribution >= 0.6 is 0 Å². The van der Waals surface area contributed by atoms with Crippen molar-refractivity contribution in [3.05, 3.63) is 11.6 Å². The number of carbonyl (C=O) groups is 1. The van der Waals surface area contributed by atoms with E-state index in [1.807, 2.05) is 0 Å². The maximum atomic E-state index is 12.0. The Balaban J connectivity index is 1.69. The Labute approximate surface area is 128 Å². The molecule has 0 heterocycles. The van der Waals surface area contributed by atoms with Crippen molar-refractivity contribution in [2.24, 2.45) is 28.6 Å². The standard InChI is InChI=1S/C19H28O2/c1-18-7-6-16-15(17(18)10-14(21)11-18)4-3-12-9-13(20)5-8-19(12,16)2/h3,13,15-17,20H,4-11H2,1-2H3/t13?,15-,16+,17+,18-,19+/m1/s1. The van der Waals surface area contributed by atoms with Crippen LogP contribution in [0, 0.1) is 28.6 Å². The number of hydrogen-bond acceptors (Lipinski definition) is 2. The predicted molar refractivity (Wildman–Crippen MR) is 82.7 cm³/mol. The van der Waals surface area contributed by atoms with E-state index < -0.39 is 0 Å². The first-order valence-corrected chi connectivity index (χ1v) is 8.82. The van der Waals surface area contributed by atoms with Crippen molar-refractivity contribution < 1.29 is 9.90 Å². The van der Waals surface area contributed by atoms with Gasteiger partial charge in [-0.05, 0) is 67.1 Å². The van der Waals surface area contributed by atoms with Crippen molar-refractivity contribution in [2.75, 3.05) is 0 Å². The first-order valence-electron chi connectivity index (χ1n) is 8.82. The van der Waals surface area contributed by atoms with Crippen molar-refractivity contribution in [3.63, 3.8) is 0 Å². The zero-order valence-electron chi connectivity index (χ0n) is 13.4. The molecule has 0 aromatic rings. The van der Waals surface area contributed by atoms with Crippen molar-refractivity contribution in [1.29, 1.82) is 0 Å². The Morgan fingerprint density at radius 3 is 2.76 bits per heavy atom. The van der Waals surface area contributed by atoms with Gasteiger partial charge in [0.15, 0.2) is 0 Å². The molecule has 0 amide bonds. The maximum Gasteiger partial charge on any atom is 0.133 e. The molecule has 3 saturated carbocycles. The van der Waals surface area contributed by atoms with Crippen molar-refractivity contribution in [2.45, 2.75) is 71.3 Å². The molecule has 2 heteroatoms. The molecule has 116 valence electrons. The van der Waals surface area contributed by atoms with Gasteiger partial charge in [0, 0.05) is 12.8 Å². The molecular formula is C19H28O2. The number of fused-ring (bicyclic) bond motifs is 5. The number of Topliss-reactive ketones (excluding diaryl/α,β-unsaturated/α-hetero) is 1. The molecule has 6 atom stereocenters. The van der Waals surface area contributed by atoms with E-state index in [0.717, 1.165) is 44.4 Å². The Hall–Kier alpha value is -0.630. The average Bonchev–Trinajstić information content (AvgIpc) is 2.74. The fourth-order valence-corrected chi connectivity index (χ4v) is 6.42. The maximum absolute atomic E-state index is 12.0. The molecule has 1 N–H and O–H groups in total. The SMILES string of the molecule is C[C@]12CC[C@H]3[C@@H](CC=C4CC(O)CC[C@@]43C)[C@@H]1CC(=O)C2. The van der Waals surface area contributed by atoms with E-state index in [-0.39, 0.29) is 11.5 Å². The topological polar surface area (TPSA) is 37.3 Å². The molecule has 0 bridgehead atoms. The van der Waals surface area contributed by atoms with Crippen LogP contribution in [-0.2, 0) is 4.79 Å². The molecular weight excluding hydrogens is 260 g/mol. The Bertz CT molecular complexity index is 508. The third-order valence-electron chi connectivity index (χ3n) is 7.64. The summed E-state index contributed by atoms with van der Waals surface area (Å²) in [5.41, 5.74) is 2.11. The van der Waals surface area contributed by atoms with E-state index in [1.165, 1.54) is 18.4 Å². The molecule has 4 aliphatic carbocycles. The molecule has 4 aliphatic rings. The minimum Gasteiger partial charge on any atom is -0.393 e. The lowest BCUT2D eigenvalue weighted by Crippen LogP contribution is -2.49.